The Kier molecular flexibility index (Phi) is 3.22. The van der Waals surface area contributed by atoms with Gasteiger partial charge in [-0.3, -0.25) is 0 Å². The van der Waals surface area contributed by atoms with Crippen molar-refractivity contribution in [3.8, 4) is 0 Å². The Balaban J connectivity index is 2.91. The lowest BCUT2D eigenvalue weighted by Crippen LogP contribution is -2.12. The fourth-order valence-corrected chi connectivity index (χ4v) is 1.00. The molecule has 0 saturated carbocycles. The summed E-state index contributed by atoms with van der Waals surface area (Å²) in [5.74, 6) is 0. The van der Waals surface area contributed by atoms with Crippen molar-refractivity contribution in [1.29, 1.82) is 0 Å². The molecule has 0 heterocycles. The van der Waals surface area contributed by atoms with Gasteiger partial charge in [0.15, 0.2) is 0 Å². The van der Waals surface area contributed by atoms with Gasteiger partial charge in [0, 0.05) is 12.7 Å². The van der Waals surface area contributed by atoms with Crippen LogP contribution in [0.4, 0.5) is 0 Å². The van der Waals surface area contributed by atoms with Gasteiger partial charge in [0.05, 0.1) is 6.61 Å². The van der Waals surface area contributed by atoms with Crippen LogP contribution in [0.5, 0.6) is 0 Å². The number of oxime groups is 2. The fraction of sp³-hybridized carbons (Fsp3) is 0.250. The maximum absolute atomic E-state index is 8.58. The van der Waals surface area contributed by atoms with E-state index in [0.717, 1.165) is 0 Å². The van der Waals surface area contributed by atoms with Crippen LogP contribution in [0, 0.1) is 0 Å². The molecule has 5 nitrogen and oxygen atoms in total. The summed E-state index contributed by atoms with van der Waals surface area (Å²) in [5.41, 5.74) is 1.48. The van der Waals surface area contributed by atoms with Crippen molar-refractivity contribution >= 4 is 11.4 Å². The topological polar surface area (TPSA) is 74.4 Å². The zero-order valence-corrected chi connectivity index (χ0v) is 7.14. The second-order valence-electron chi connectivity index (χ2n) is 2.45. The van der Waals surface area contributed by atoms with E-state index in [1.54, 1.807) is 12.2 Å². The molecule has 0 aromatic heterocycles. The van der Waals surface area contributed by atoms with Crippen molar-refractivity contribution in [3.05, 3.63) is 23.8 Å². The minimum atomic E-state index is 0.308. The maximum atomic E-state index is 8.58. The first-order chi connectivity index (χ1) is 6.31. The van der Waals surface area contributed by atoms with Gasteiger partial charge >= 0.3 is 0 Å². The predicted molar refractivity (Wildman–Crippen MR) is 47.5 cm³/mol. The highest BCUT2D eigenvalue weighted by molar-refractivity contribution is 6.21. The quantitative estimate of drug-likeness (QED) is 0.376. The molecule has 1 rings (SSSR count). The molecule has 0 aromatic carbocycles. The molecule has 13 heavy (non-hydrogen) atoms. The molecule has 0 radical (unpaired) electrons. The van der Waals surface area contributed by atoms with Gasteiger partial charge in [-0.25, -0.2) is 0 Å². The summed E-state index contributed by atoms with van der Waals surface area (Å²) >= 11 is 0. The van der Waals surface area contributed by atoms with E-state index in [4.69, 9.17) is 15.2 Å². The summed E-state index contributed by atoms with van der Waals surface area (Å²) < 4.78 is 4.88. The standard InChI is InChI=1S/C8H10N2O3/c1-13-5-6-4-7(9-11)2-3-8(6)10-12/h2-4,11-12H,5H2,1H3/b9-7+,10-8+. The molecule has 0 aliphatic heterocycles. The monoisotopic (exact) mass is 182 g/mol. The molecule has 1 aliphatic carbocycles. The number of nitrogens with zero attached hydrogens (tertiary/aromatic N) is 2. The molecule has 5 heteroatoms. The fourth-order valence-electron chi connectivity index (χ4n) is 1.00. The van der Waals surface area contributed by atoms with E-state index in [-0.39, 0.29) is 0 Å². The van der Waals surface area contributed by atoms with Gasteiger partial charge in [-0.1, -0.05) is 10.3 Å². The normalized spacial score (nSPS) is 22.4. The highest BCUT2D eigenvalue weighted by atomic mass is 16.5. The van der Waals surface area contributed by atoms with Gasteiger partial charge < -0.3 is 15.2 Å². The largest absolute Gasteiger partial charge is 0.410 e. The van der Waals surface area contributed by atoms with E-state index in [1.165, 1.54) is 13.2 Å². The first kappa shape index (κ1) is 9.47. The van der Waals surface area contributed by atoms with Crippen molar-refractivity contribution in [2.75, 3.05) is 13.7 Å². The second-order valence-corrected chi connectivity index (χ2v) is 2.45. The highest BCUT2D eigenvalue weighted by Crippen LogP contribution is 2.07. The molecule has 0 spiro atoms. The number of methoxy groups -OCH3 is 1. The smallest absolute Gasteiger partial charge is 0.108 e. The third-order valence-electron chi connectivity index (χ3n) is 1.59. The van der Waals surface area contributed by atoms with Crippen LogP contribution in [0.25, 0.3) is 0 Å². The molecule has 0 saturated heterocycles. The molecule has 0 bridgehead atoms. The maximum Gasteiger partial charge on any atom is 0.108 e. The van der Waals surface area contributed by atoms with Crippen molar-refractivity contribution in [2.45, 2.75) is 0 Å². The van der Waals surface area contributed by atoms with Gasteiger partial charge in [-0.2, -0.15) is 0 Å². The lowest BCUT2D eigenvalue weighted by molar-refractivity contribution is 0.229. The van der Waals surface area contributed by atoms with Crippen LogP contribution in [0.2, 0.25) is 0 Å². The van der Waals surface area contributed by atoms with Crippen molar-refractivity contribution in [3.63, 3.8) is 0 Å². The third kappa shape index (κ3) is 2.16. The minimum absolute atomic E-state index is 0.308. The molecule has 0 unspecified atom stereocenters. The molecule has 0 fully saturated rings. The molecule has 1 aliphatic rings. The van der Waals surface area contributed by atoms with Crippen LogP contribution in [-0.2, 0) is 4.74 Å². The van der Waals surface area contributed by atoms with Gasteiger partial charge in [-0.15, -0.1) is 0 Å². The summed E-state index contributed by atoms with van der Waals surface area (Å²) in [5, 5.41) is 23.1. The van der Waals surface area contributed by atoms with Crippen molar-refractivity contribution in [1.82, 2.24) is 0 Å². The van der Waals surface area contributed by atoms with Crippen molar-refractivity contribution < 1.29 is 15.2 Å². The Labute approximate surface area is 75.3 Å². The van der Waals surface area contributed by atoms with Crippen LogP contribution in [-0.4, -0.2) is 35.6 Å². The number of rotatable bonds is 2. The predicted octanol–water partition coefficient (Wildman–Crippen LogP) is 0.789. The molecular weight excluding hydrogens is 172 g/mol. The third-order valence-corrected chi connectivity index (χ3v) is 1.59. The molecule has 0 aromatic rings. The van der Waals surface area contributed by atoms with Gasteiger partial charge in [0.25, 0.3) is 0 Å². The Hall–Kier alpha value is -1.62. The summed E-state index contributed by atoms with van der Waals surface area (Å²) in [4.78, 5) is 0. The Morgan fingerprint density at radius 2 is 2.08 bits per heavy atom. The average Bonchev–Trinajstić information content (AvgIpc) is 2.18. The van der Waals surface area contributed by atoms with E-state index < -0.39 is 0 Å². The summed E-state index contributed by atoms with van der Waals surface area (Å²) in [6, 6.07) is 0. The lowest BCUT2D eigenvalue weighted by atomic mass is 10.0. The Morgan fingerprint density at radius 3 is 2.62 bits per heavy atom. The Morgan fingerprint density at radius 1 is 1.31 bits per heavy atom. The van der Waals surface area contributed by atoms with Gasteiger partial charge in [0.2, 0.25) is 0 Å². The van der Waals surface area contributed by atoms with Crippen LogP contribution in [0.3, 0.4) is 0 Å². The number of hydrogen-bond acceptors (Lipinski definition) is 5. The van der Waals surface area contributed by atoms with Crippen molar-refractivity contribution in [2.24, 2.45) is 10.3 Å². The lowest BCUT2D eigenvalue weighted by Gasteiger charge is -2.08. The van der Waals surface area contributed by atoms with E-state index in [2.05, 4.69) is 10.3 Å². The van der Waals surface area contributed by atoms with Crippen LogP contribution < -0.4 is 0 Å². The summed E-state index contributed by atoms with van der Waals surface area (Å²) in [7, 11) is 1.53. The minimum Gasteiger partial charge on any atom is -0.410 e. The zero-order valence-electron chi connectivity index (χ0n) is 7.14. The first-order valence-electron chi connectivity index (χ1n) is 3.64. The number of ether oxygens (including phenoxy) is 1. The Bertz CT molecular complexity index is 303. The van der Waals surface area contributed by atoms with Crippen LogP contribution >= 0.6 is 0 Å². The highest BCUT2D eigenvalue weighted by Gasteiger charge is 2.10. The van der Waals surface area contributed by atoms with E-state index in [1.807, 2.05) is 0 Å². The van der Waals surface area contributed by atoms with E-state index in [0.29, 0.717) is 23.6 Å². The second kappa shape index (κ2) is 4.42. The molecular formula is C8H10N2O3. The van der Waals surface area contributed by atoms with E-state index >= 15 is 0 Å². The summed E-state index contributed by atoms with van der Waals surface area (Å²) in [6.45, 7) is 0.308. The number of allylic oxidation sites excluding steroid dienone is 3. The summed E-state index contributed by atoms with van der Waals surface area (Å²) in [6.07, 6.45) is 4.66. The molecule has 0 amide bonds. The molecule has 2 N–H and O–H groups in total. The number of hydrogen-bond donors (Lipinski definition) is 2. The van der Waals surface area contributed by atoms with Crippen LogP contribution in [0.1, 0.15) is 0 Å². The first-order valence-corrected chi connectivity index (χ1v) is 3.64. The van der Waals surface area contributed by atoms with Crippen LogP contribution in [0.15, 0.2) is 34.1 Å². The zero-order chi connectivity index (χ0) is 9.68. The van der Waals surface area contributed by atoms with E-state index in [9.17, 15) is 0 Å². The average molecular weight is 182 g/mol. The van der Waals surface area contributed by atoms with Gasteiger partial charge in [0.1, 0.15) is 11.4 Å². The molecule has 0 atom stereocenters. The van der Waals surface area contributed by atoms with Gasteiger partial charge in [-0.05, 0) is 18.2 Å². The molecule has 70 valence electrons. The SMILES string of the molecule is COCC1=CC(=N/O)/C=CC/1=N\O.